The van der Waals surface area contributed by atoms with Gasteiger partial charge in [0.1, 0.15) is 0 Å². The lowest BCUT2D eigenvalue weighted by Crippen LogP contribution is -2.21. The van der Waals surface area contributed by atoms with Crippen LogP contribution in [0.15, 0.2) is 53.6 Å². The Hall–Kier alpha value is -3.23. The van der Waals surface area contributed by atoms with Gasteiger partial charge in [0.2, 0.25) is 5.69 Å². The Kier molecular flexibility index (Phi) is 6.58. The first-order valence-corrected chi connectivity index (χ1v) is 9.13. The molecule has 0 saturated heterocycles. The van der Waals surface area contributed by atoms with E-state index in [4.69, 9.17) is 27.9 Å². The van der Waals surface area contributed by atoms with E-state index in [0.717, 1.165) is 10.4 Å². The second-order valence-electron chi connectivity index (χ2n) is 5.73. The van der Waals surface area contributed by atoms with Gasteiger partial charge in [-0.3, -0.25) is 9.59 Å². The third-order valence-corrected chi connectivity index (χ3v) is 4.25. The molecule has 0 saturated carbocycles. The van der Waals surface area contributed by atoms with Crippen molar-refractivity contribution in [2.45, 2.75) is 0 Å². The number of ketones is 1. The highest BCUT2D eigenvalue weighted by atomic mass is 35.5. The molecule has 1 heterocycles. The SMILES string of the molecule is CNC(=O)c1nnn(/N=C\c2ccc(Cl)cc2)c1OCC(=O)c1ccc(Cl)cc1. The van der Waals surface area contributed by atoms with Gasteiger partial charge in [0, 0.05) is 22.7 Å². The number of hydrogen-bond donors (Lipinski definition) is 1. The fourth-order valence-electron chi connectivity index (χ4n) is 2.25. The Morgan fingerprint density at radius 2 is 1.72 bits per heavy atom. The number of ether oxygens (including phenoxy) is 1. The highest BCUT2D eigenvalue weighted by molar-refractivity contribution is 6.31. The number of halogens is 2. The average molecular weight is 432 g/mol. The van der Waals surface area contributed by atoms with Crippen LogP contribution in [-0.2, 0) is 0 Å². The van der Waals surface area contributed by atoms with Crippen LogP contribution in [0.5, 0.6) is 5.88 Å². The first kappa shape index (κ1) is 20.5. The Morgan fingerprint density at radius 3 is 2.34 bits per heavy atom. The summed E-state index contributed by atoms with van der Waals surface area (Å²) < 4.78 is 5.54. The highest BCUT2D eigenvalue weighted by Crippen LogP contribution is 2.17. The molecule has 0 fully saturated rings. The van der Waals surface area contributed by atoms with Crippen LogP contribution in [0.2, 0.25) is 10.0 Å². The van der Waals surface area contributed by atoms with E-state index in [9.17, 15) is 9.59 Å². The summed E-state index contributed by atoms with van der Waals surface area (Å²) in [5.41, 5.74) is 1.07. The molecule has 3 aromatic rings. The summed E-state index contributed by atoms with van der Waals surface area (Å²) in [4.78, 5) is 25.4. The molecule has 0 aliphatic carbocycles. The maximum atomic E-state index is 12.4. The first-order valence-electron chi connectivity index (χ1n) is 8.37. The van der Waals surface area contributed by atoms with E-state index in [1.54, 1.807) is 48.5 Å². The summed E-state index contributed by atoms with van der Waals surface area (Å²) in [6.45, 7) is -0.338. The molecule has 0 bridgehead atoms. The molecular formula is C19H15Cl2N5O3. The van der Waals surface area contributed by atoms with Gasteiger partial charge in [0.15, 0.2) is 12.4 Å². The molecule has 1 aromatic heterocycles. The number of aromatic nitrogens is 3. The van der Waals surface area contributed by atoms with Gasteiger partial charge >= 0.3 is 0 Å². The van der Waals surface area contributed by atoms with Gasteiger partial charge in [0.25, 0.3) is 11.8 Å². The van der Waals surface area contributed by atoms with Crippen LogP contribution in [0.4, 0.5) is 0 Å². The van der Waals surface area contributed by atoms with Crippen LogP contribution < -0.4 is 10.1 Å². The second-order valence-corrected chi connectivity index (χ2v) is 6.60. The molecule has 1 amide bonds. The summed E-state index contributed by atoms with van der Waals surface area (Å²) in [5.74, 6) is -0.886. The summed E-state index contributed by atoms with van der Waals surface area (Å²) in [6, 6.07) is 13.3. The normalized spacial score (nSPS) is 10.9. The lowest BCUT2D eigenvalue weighted by molar-refractivity contribution is 0.0898. The fourth-order valence-corrected chi connectivity index (χ4v) is 2.50. The van der Waals surface area contributed by atoms with Gasteiger partial charge in [0.05, 0.1) is 6.21 Å². The molecule has 10 heteroatoms. The van der Waals surface area contributed by atoms with Gasteiger partial charge in [-0.1, -0.05) is 40.1 Å². The summed E-state index contributed by atoms with van der Waals surface area (Å²) in [5, 5.41) is 15.3. The molecule has 148 valence electrons. The van der Waals surface area contributed by atoms with E-state index in [2.05, 4.69) is 20.7 Å². The monoisotopic (exact) mass is 431 g/mol. The molecule has 2 aromatic carbocycles. The van der Waals surface area contributed by atoms with Crippen molar-refractivity contribution in [3.05, 3.63) is 75.4 Å². The smallest absolute Gasteiger partial charge is 0.277 e. The van der Waals surface area contributed by atoms with Gasteiger partial charge in [-0.15, -0.1) is 5.10 Å². The van der Waals surface area contributed by atoms with Crippen molar-refractivity contribution in [1.29, 1.82) is 0 Å². The quantitative estimate of drug-likeness (QED) is 0.457. The maximum Gasteiger partial charge on any atom is 0.277 e. The fraction of sp³-hybridized carbons (Fsp3) is 0.105. The van der Waals surface area contributed by atoms with Crippen molar-refractivity contribution in [3.8, 4) is 5.88 Å². The van der Waals surface area contributed by atoms with Crippen LogP contribution >= 0.6 is 23.2 Å². The van der Waals surface area contributed by atoms with Crippen molar-refractivity contribution < 1.29 is 14.3 Å². The number of rotatable bonds is 7. The molecule has 0 radical (unpaired) electrons. The topological polar surface area (TPSA) is 98.5 Å². The molecule has 3 rings (SSSR count). The molecule has 0 unspecified atom stereocenters. The number of benzene rings is 2. The predicted molar refractivity (Wildman–Crippen MR) is 109 cm³/mol. The third-order valence-electron chi connectivity index (χ3n) is 3.75. The largest absolute Gasteiger partial charge is 0.466 e. The van der Waals surface area contributed by atoms with Crippen molar-refractivity contribution in [2.75, 3.05) is 13.7 Å². The zero-order valence-corrected chi connectivity index (χ0v) is 16.7. The van der Waals surface area contributed by atoms with E-state index in [0.29, 0.717) is 15.6 Å². The van der Waals surface area contributed by atoms with Gasteiger partial charge < -0.3 is 10.1 Å². The predicted octanol–water partition coefficient (Wildman–Crippen LogP) is 3.09. The Morgan fingerprint density at radius 1 is 1.10 bits per heavy atom. The van der Waals surface area contributed by atoms with Crippen molar-refractivity contribution in [1.82, 2.24) is 20.4 Å². The zero-order valence-electron chi connectivity index (χ0n) is 15.2. The molecule has 8 nitrogen and oxygen atoms in total. The van der Waals surface area contributed by atoms with Gasteiger partial charge in [-0.25, -0.2) is 0 Å². The summed E-state index contributed by atoms with van der Waals surface area (Å²) in [7, 11) is 1.45. The second kappa shape index (κ2) is 9.31. The lowest BCUT2D eigenvalue weighted by atomic mass is 10.1. The van der Waals surface area contributed by atoms with Crippen molar-refractivity contribution >= 4 is 41.1 Å². The molecule has 0 atom stereocenters. The van der Waals surface area contributed by atoms with Crippen molar-refractivity contribution in [3.63, 3.8) is 0 Å². The van der Waals surface area contributed by atoms with E-state index in [1.807, 2.05) is 0 Å². The van der Waals surface area contributed by atoms with E-state index in [1.165, 1.54) is 13.3 Å². The van der Waals surface area contributed by atoms with Crippen molar-refractivity contribution in [2.24, 2.45) is 5.10 Å². The first-order chi connectivity index (χ1) is 14.0. The Labute approximate surface area is 176 Å². The highest BCUT2D eigenvalue weighted by Gasteiger charge is 2.21. The molecule has 0 spiro atoms. The number of nitrogens with zero attached hydrogens (tertiary/aromatic N) is 4. The maximum absolute atomic E-state index is 12.4. The van der Waals surface area contributed by atoms with E-state index in [-0.39, 0.29) is 24.0 Å². The number of Topliss-reactive ketones (excluding diaryl/α,β-unsaturated/α-hetero) is 1. The lowest BCUT2D eigenvalue weighted by Gasteiger charge is -2.06. The van der Waals surface area contributed by atoms with Crippen LogP contribution in [0.1, 0.15) is 26.4 Å². The zero-order chi connectivity index (χ0) is 20.8. The average Bonchev–Trinajstić information content (AvgIpc) is 3.14. The van der Waals surface area contributed by atoms with Crippen LogP contribution in [0.25, 0.3) is 0 Å². The summed E-state index contributed by atoms with van der Waals surface area (Å²) >= 11 is 11.7. The minimum absolute atomic E-state index is 0.0584. The molecule has 29 heavy (non-hydrogen) atoms. The molecule has 1 N–H and O–H groups in total. The standard InChI is InChI=1S/C19H15Cl2N5O3/c1-22-18(28)17-19(29-11-16(27)13-4-8-15(21)9-5-13)26(25-24-17)23-10-12-2-6-14(20)7-3-12/h2-10H,11H2,1H3,(H,22,28)/b23-10-. The number of nitrogens with one attached hydrogen (secondary N) is 1. The number of hydrogen-bond acceptors (Lipinski definition) is 6. The van der Waals surface area contributed by atoms with Crippen LogP contribution in [0.3, 0.4) is 0 Å². The number of amides is 1. The molecular weight excluding hydrogens is 417 g/mol. The Balaban J connectivity index is 1.82. The van der Waals surface area contributed by atoms with Crippen LogP contribution in [-0.4, -0.2) is 46.7 Å². The Bertz CT molecular complexity index is 1050. The van der Waals surface area contributed by atoms with Gasteiger partial charge in [-0.05, 0) is 47.2 Å². The minimum Gasteiger partial charge on any atom is -0.466 e. The summed E-state index contributed by atoms with van der Waals surface area (Å²) in [6.07, 6.45) is 1.49. The minimum atomic E-state index is -0.521. The van der Waals surface area contributed by atoms with Gasteiger partial charge in [-0.2, -0.15) is 5.10 Å². The van der Waals surface area contributed by atoms with Crippen LogP contribution in [0, 0.1) is 0 Å². The molecule has 0 aliphatic heterocycles. The number of carbonyl (C=O) groups is 2. The number of carbonyl (C=O) groups excluding carboxylic acids is 2. The van der Waals surface area contributed by atoms with E-state index >= 15 is 0 Å². The molecule has 0 aliphatic rings. The van der Waals surface area contributed by atoms with E-state index < -0.39 is 5.91 Å². The third kappa shape index (κ3) is 5.18.